The first-order valence-corrected chi connectivity index (χ1v) is 8.24. The lowest BCUT2D eigenvalue weighted by Gasteiger charge is -2.03. The van der Waals surface area contributed by atoms with Gasteiger partial charge >= 0.3 is 0 Å². The first-order valence-electron chi connectivity index (χ1n) is 8.24. The minimum absolute atomic E-state index is 0.517. The number of unbranched alkanes of at least 4 members (excludes halogenated alkanes) is 5. The molecule has 0 radical (unpaired) electrons. The smallest absolute Gasteiger partial charge is 0.0928 e. The van der Waals surface area contributed by atoms with Gasteiger partial charge in [-0.05, 0) is 30.0 Å². The van der Waals surface area contributed by atoms with E-state index in [0.29, 0.717) is 5.76 Å². The van der Waals surface area contributed by atoms with E-state index in [2.05, 4.69) is 38.1 Å². The molecule has 0 atom stereocenters. The van der Waals surface area contributed by atoms with E-state index in [1.54, 1.807) is 0 Å². The van der Waals surface area contributed by atoms with E-state index in [9.17, 15) is 5.11 Å². The summed E-state index contributed by atoms with van der Waals surface area (Å²) in [6.07, 6.45) is 12.6. The van der Waals surface area contributed by atoms with Gasteiger partial charge in [-0.3, -0.25) is 0 Å². The van der Waals surface area contributed by atoms with Crippen LogP contribution in [0, 0.1) is 0 Å². The largest absolute Gasteiger partial charge is 0.512 e. The Labute approximate surface area is 124 Å². The summed E-state index contributed by atoms with van der Waals surface area (Å²) in [5.41, 5.74) is 2.48. The van der Waals surface area contributed by atoms with Crippen LogP contribution in [0.3, 0.4) is 0 Å². The number of benzene rings is 1. The van der Waals surface area contributed by atoms with Crippen LogP contribution in [-0.2, 0) is 6.42 Å². The van der Waals surface area contributed by atoms with Gasteiger partial charge in [0, 0.05) is 6.42 Å². The molecule has 0 saturated carbocycles. The second-order valence-corrected chi connectivity index (χ2v) is 5.65. The molecular formula is C19H30O. The summed E-state index contributed by atoms with van der Waals surface area (Å²) in [4.78, 5) is 0. The molecule has 0 unspecified atom stereocenters. The number of rotatable bonds is 10. The van der Waals surface area contributed by atoms with Crippen molar-refractivity contribution in [2.45, 2.75) is 71.6 Å². The van der Waals surface area contributed by atoms with E-state index >= 15 is 0 Å². The van der Waals surface area contributed by atoms with Gasteiger partial charge in [0.2, 0.25) is 0 Å². The maximum atomic E-state index is 9.94. The molecule has 112 valence electrons. The Balaban J connectivity index is 2.29. The Morgan fingerprint density at radius 3 is 2.20 bits per heavy atom. The molecule has 0 amide bonds. The molecule has 0 aromatic heterocycles. The van der Waals surface area contributed by atoms with Gasteiger partial charge in [0.15, 0.2) is 0 Å². The number of allylic oxidation sites excluding steroid dienone is 1. The van der Waals surface area contributed by atoms with Crippen molar-refractivity contribution >= 4 is 6.08 Å². The fourth-order valence-corrected chi connectivity index (χ4v) is 2.42. The average molecular weight is 274 g/mol. The zero-order valence-electron chi connectivity index (χ0n) is 13.2. The molecule has 1 heteroatoms. The van der Waals surface area contributed by atoms with Gasteiger partial charge in [0.1, 0.15) is 0 Å². The van der Waals surface area contributed by atoms with Crippen LogP contribution < -0.4 is 0 Å². The summed E-state index contributed by atoms with van der Waals surface area (Å²) in [6, 6.07) is 8.52. The highest BCUT2D eigenvalue weighted by Gasteiger charge is 1.97. The Morgan fingerprint density at radius 2 is 1.55 bits per heavy atom. The quantitative estimate of drug-likeness (QED) is 0.393. The summed E-state index contributed by atoms with van der Waals surface area (Å²) in [5.74, 6) is 0.517. The van der Waals surface area contributed by atoms with Crippen LogP contribution in [0.25, 0.3) is 6.08 Å². The van der Waals surface area contributed by atoms with Crippen LogP contribution >= 0.6 is 0 Å². The van der Waals surface area contributed by atoms with Gasteiger partial charge in [0.05, 0.1) is 5.76 Å². The van der Waals surface area contributed by atoms with E-state index in [0.717, 1.165) is 24.8 Å². The Hall–Kier alpha value is -1.24. The molecule has 1 nitrogen and oxygen atoms in total. The van der Waals surface area contributed by atoms with E-state index in [1.165, 1.54) is 44.1 Å². The van der Waals surface area contributed by atoms with Gasteiger partial charge in [-0.25, -0.2) is 0 Å². The predicted molar refractivity (Wildman–Crippen MR) is 89.0 cm³/mol. The van der Waals surface area contributed by atoms with Crippen molar-refractivity contribution in [2.24, 2.45) is 0 Å². The molecule has 1 aromatic rings. The third kappa shape index (κ3) is 7.37. The maximum absolute atomic E-state index is 9.94. The molecule has 1 N–H and O–H groups in total. The number of aliphatic hydroxyl groups excluding tert-OH is 1. The Bertz CT molecular complexity index is 375. The van der Waals surface area contributed by atoms with Crippen LogP contribution in [0.15, 0.2) is 30.0 Å². The fourth-order valence-electron chi connectivity index (χ4n) is 2.42. The van der Waals surface area contributed by atoms with E-state index in [4.69, 9.17) is 0 Å². The zero-order valence-corrected chi connectivity index (χ0v) is 13.2. The minimum Gasteiger partial charge on any atom is -0.512 e. The van der Waals surface area contributed by atoms with Crippen LogP contribution in [-0.4, -0.2) is 5.11 Å². The Morgan fingerprint density at radius 1 is 0.900 bits per heavy atom. The Kier molecular flexibility index (Phi) is 8.86. The highest BCUT2D eigenvalue weighted by Crippen LogP contribution is 2.14. The first-order chi connectivity index (χ1) is 9.76. The molecule has 1 aromatic carbocycles. The van der Waals surface area contributed by atoms with Gasteiger partial charge in [-0.15, -0.1) is 0 Å². The normalized spacial score (nSPS) is 11.8. The van der Waals surface area contributed by atoms with Gasteiger partial charge in [0.25, 0.3) is 0 Å². The lowest BCUT2D eigenvalue weighted by atomic mass is 10.1. The summed E-state index contributed by atoms with van der Waals surface area (Å²) in [7, 11) is 0. The maximum Gasteiger partial charge on any atom is 0.0928 e. The van der Waals surface area contributed by atoms with Crippen molar-refractivity contribution < 1.29 is 5.11 Å². The third-order valence-corrected chi connectivity index (χ3v) is 3.64. The molecule has 0 spiro atoms. The van der Waals surface area contributed by atoms with Crippen LogP contribution in [0.2, 0.25) is 0 Å². The molecule has 0 aliphatic heterocycles. The second kappa shape index (κ2) is 10.5. The van der Waals surface area contributed by atoms with Crippen LogP contribution in [0.5, 0.6) is 0 Å². The third-order valence-electron chi connectivity index (χ3n) is 3.64. The molecule has 0 fully saturated rings. The number of aliphatic hydroxyl groups is 1. The minimum atomic E-state index is 0.517. The number of aryl methyl sites for hydroxylation is 1. The van der Waals surface area contributed by atoms with Crippen molar-refractivity contribution in [3.05, 3.63) is 41.2 Å². The summed E-state index contributed by atoms with van der Waals surface area (Å²) < 4.78 is 0. The molecule has 0 heterocycles. The summed E-state index contributed by atoms with van der Waals surface area (Å²) >= 11 is 0. The molecular weight excluding hydrogens is 244 g/mol. The van der Waals surface area contributed by atoms with Crippen molar-refractivity contribution in [3.63, 3.8) is 0 Å². The van der Waals surface area contributed by atoms with Gasteiger partial charge in [-0.1, -0.05) is 76.6 Å². The highest BCUT2D eigenvalue weighted by molar-refractivity contribution is 5.51. The monoisotopic (exact) mass is 274 g/mol. The predicted octanol–water partition coefficient (Wildman–Crippen LogP) is 6.29. The number of hydrogen-bond acceptors (Lipinski definition) is 1. The van der Waals surface area contributed by atoms with E-state index in [1.807, 2.05) is 6.08 Å². The van der Waals surface area contributed by atoms with Crippen molar-refractivity contribution in [1.82, 2.24) is 0 Å². The van der Waals surface area contributed by atoms with Crippen molar-refractivity contribution in [2.75, 3.05) is 0 Å². The lowest BCUT2D eigenvalue weighted by Crippen LogP contribution is -1.86. The lowest BCUT2D eigenvalue weighted by molar-refractivity contribution is 0.385. The molecule has 0 aliphatic rings. The van der Waals surface area contributed by atoms with Crippen LogP contribution in [0.1, 0.15) is 76.3 Å². The highest BCUT2D eigenvalue weighted by atomic mass is 16.3. The SMILES string of the molecule is CCCCCCCCC(O)=Cc1ccc(CCC)cc1. The zero-order chi connectivity index (χ0) is 14.6. The summed E-state index contributed by atoms with van der Waals surface area (Å²) in [6.45, 7) is 4.43. The van der Waals surface area contributed by atoms with Crippen LogP contribution in [0.4, 0.5) is 0 Å². The average Bonchev–Trinajstić information content (AvgIpc) is 2.45. The van der Waals surface area contributed by atoms with E-state index < -0.39 is 0 Å². The number of hydrogen-bond donors (Lipinski definition) is 1. The summed E-state index contributed by atoms with van der Waals surface area (Å²) in [5, 5.41) is 9.94. The molecule has 0 bridgehead atoms. The second-order valence-electron chi connectivity index (χ2n) is 5.65. The van der Waals surface area contributed by atoms with Crippen molar-refractivity contribution in [3.8, 4) is 0 Å². The van der Waals surface area contributed by atoms with Gasteiger partial charge in [-0.2, -0.15) is 0 Å². The van der Waals surface area contributed by atoms with Crippen molar-refractivity contribution in [1.29, 1.82) is 0 Å². The molecule has 0 saturated heterocycles. The molecule has 0 aliphatic carbocycles. The topological polar surface area (TPSA) is 20.2 Å². The fraction of sp³-hybridized carbons (Fsp3) is 0.579. The first kappa shape index (κ1) is 16.8. The van der Waals surface area contributed by atoms with E-state index in [-0.39, 0.29) is 0 Å². The standard InChI is InChI=1S/C19H30O/c1-3-5-6-7-8-9-11-19(20)16-18-14-12-17(10-4-2)13-15-18/h12-16,20H,3-11H2,1-2H3. The van der Waals surface area contributed by atoms with Gasteiger partial charge < -0.3 is 5.11 Å². The molecule has 1 rings (SSSR count). The molecule has 20 heavy (non-hydrogen) atoms.